The van der Waals surface area contributed by atoms with Gasteiger partial charge in [0.25, 0.3) is 0 Å². The summed E-state index contributed by atoms with van der Waals surface area (Å²) in [7, 11) is 4.64. The molecule has 0 bridgehead atoms. The first kappa shape index (κ1) is 19.0. The molecule has 3 rings (SSSR count). The summed E-state index contributed by atoms with van der Waals surface area (Å²) in [5, 5.41) is 5.45. The van der Waals surface area contributed by atoms with E-state index in [1.165, 1.54) is 7.11 Å². The van der Waals surface area contributed by atoms with Gasteiger partial charge in [-0.2, -0.15) is 0 Å². The Bertz CT molecular complexity index is 946. The van der Waals surface area contributed by atoms with Crippen LogP contribution in [0.3, 0.4) is 0 Å². The van der Waals surface area contributed by atoms with Gasteiger partial charge in [-0.25, -0.2) is 14.8 Å². The largest absolute Gasteiger partial charge is 0.493 e. The topological polar surface area (TPSA) is 94.6 Å². The maximum atomic E-state index is 12.3. The first-order valence-electron chi connectivity index (χ1n) is 8.40. The Balaban J connectivity index is 1.92. The lowest BCUT2D eigenvalue weighted by molar-refractivity contribution is 0.262. The molecule has 144 valence electrons. The second-order valence-electron chi connectivity index (χ2n) is 5.64. The van der Waals surface area contributed by atoms with Gasteiger partial charge in [0.2, 0.25) is 5.88 Å². The molecule has 0 fully saturated rings. The maximum absolute atomic E-state index is 12.3. The van der Waals surface area contributed by atoms with Crippen molar-refractivity contribution in [3.8, 4) is 28.5 Å². The fraction of sp³-hybridized carbons (Fsp3) is 0.150. The number of hydrogen-bond donors (Lipinski definition) is 2. The summed E-state index contributed by atoms with van der Waals surface area (Å²) in [5.74, 6) is 1.95. The van der Waals surface area contributed by atoms with Gasteiger partial charge in [0, 0.05) is 41.3 Å². The number of methoxy groups -OCH3 is 3. The molecule has 1 aromatic carbocycles. The fourth-order valence-corrected chi connectivity index (χ4v) is 2.63. The number of hydrogen-bond acceptors (Lipinski definition) is 6. The second-order valence-corrected chi connectivity index (χ2v) is 5.64. The monoisotopic (exact) mass is 380 g/mol. The van der Waals surface area contributed by atoms with Crippen LogP contribution in [0.15, 0.2) is 54.9 Å². The molecular weight excluding hydrogens is 360 g/mol. The molecule has 28 heavy (non-hydrogen) atoms. The predicted molar refractivity (Wildman–Crippen MR) is 106 cm³/mol. The van der Waals surface area contributed by atoms with Crippen LogP contribution < -0.4 is 24.8 Å². The highest BCUT2D eigenvalue weighted by atomic mass is 16.5. The Labute approximate surface area is 162 Å². The lowest BCUT2D eigenvalue weighted by Gasteiger charge is -2.16. The van der Waals surface area contributed by atoms with E-state index in [2.05, 4.69) is 20.6 Å². The first-order chi connectivity index (χ1) is 13.6. The molecule has 0 aliphatic rings. The number of ether oxygens (including phenoxy) is 3. The van der Waals surface area contributed by atoms with E-state index in [9.17, 15) is 4.79 Å². The molecule has 0 unspecified atom stereocenters. The SMILES string of the molecule is COc1ccc(-c2cc(NC(=O)Nc3ccccn3)cc(OC)c2OC)cn1. The summed E-state index contributed by atoms with van der Waals surface area (Å²) in [4.78, 5) is 20.6. The summed E-state index contributed by atoms with van der Waals surface area (Å²) in [6, 6.07) is 11.9. The van der Waals surface area contributed by atoms with Gasteiger partial charge in [0.15, 0.2) is 11.5 Å². The number of amides is 2. The molecule has 0 atom stereocenters. The number of aromatic nitrogens is 2. The molecule has 2 heterocycles. The highest BCUT2D eigenvalue weighted by molar-refractivity contribution is 6.00. The highest BCUT2D eigenvalue weighted by Gasteiger charge is 2.16. The van der Waals surface area contributed by atoms with Crippen LogP contribution in [0.1, 0.15) is 0 Å². The zero-order valence-electron chi connectivity index (χ0n) is 15.7. The van der Waals surface area contributed by atoms with Gasteiger partial charge in [0.1, 0.15) is 5.82 Å². The standard InChI is InChI=1S/C20H20N4O4/c1-26-16-11-14(23-20(25)24-17-6-4-5-9-21-17)10-15(19(16)28-3)13-7-8-18(27-2)22-12-13/h4-12H,1-3H3,(H2,21,23,24,25). The molecule has 8 heteroatoms. The molecule has 0 radical (unpaired) electrons. The zero-order chi connectivity index (χ0) is 19.9. The highest BCUT2D eigenvalue weighted by Crippen LogP contribution is 2.40. The number of anilines is 2. The number of rotatable bonds is 6. The summed E-state index contributed by atoms with van der Waals surface area (Å²) in [6.45, 7) is 0. The first-order valence-corrected chi connectivity index (χ1v) is 8.40. The average Bonchev–Trinajstić information content (AvgIpc) is 2.73. The Morgan fingerprint density at radius 2 is 1.79 bits per heavy atom. The number of carbonyl (C=O) groups is 1. The minimum atomic E-state index is -0.426. The Kier molecular flexibility index (Phi) is 5.91. The van der Waals surface area contributed by atoms with Crippen molar-refractivity contribution in [1.82, 2.24) is 9.97 Å². The van der Waals surface area contributed by atoms with Crippen molar-refractivity contribution in [3.05, 3.63) is 54.9 Å². The molecule has 2 aromatic heterocycles. The van der Waals surface area contributed by atoms with Crippen LogP contribution in [0.5, 0.6) is 17.4 Å². The average molecular weight is 380 g/mol. The van der Waals surface area contributed by atoms with E-state index < -0.39 is 6.03 Å². The van der Waals surface area contributed by atoms with Gasteiger partial charge in [-0.3, -0.25) is 5.32 Å². The van der Waals surface area contributed by atoms with E-state index >= 15 is 0 Å². The summed E-state index contributed by atoms with van der Waals surface area (Å²) in [5.41, 5.74) is 2.02. The van der Waals surface area contributed by atoms with Crippen LogP contribution in [0.2, 0.25) is 0 Å². The number of urea groups is 1. The molecule has 3 aromatic rings. The normalized spacial score (nSPS) is 10.1. The van der Waals surface area contributed by atoms with E-state index in [0.29, 0.717) is 34.4 Å². The Morgan fingerprint density at radius 3 is 2.39 bits per heavy atom. The van der Waals surface area contributed by atoms with Crippen LogP contribution in [-0.4, -0.2) is 37.3 Å². The lowest BCUT2D eigenvalue weighted by Crippen LogP contribution is -2.20. The van der Waals surface area contributed by atoms with Crippen molar-refractivity contribution in [2.75, 3.05) is 32.0 Å². The maximum Gasteiger partial charge on any atom is 0.324 e. The molecule has 2 amide bonds. The van der Waals surface area contributed by atoms with Gasteiger partial charge in [-0.05, 0) is 24.3 Å². The molecule has 0 aliphatic heterocycles. The fourth-order valence-electron chi connectivity index (χ4n) is 2.63. The van der Waals surface area contributed by atoms with Gasteiger partial charge < -0.3 is 19.5 Å². The molecule has 2 N–H and O–H groups in total. The number of nitrogens with one attached hydrogen (secondary N) is 2. The smallest absolute Gasteiger partial charge is 0.324 e. The lowest BCUT2D eigenvalue weighted by atomic mass is 10.0. The van der Waals surface area contributed by atoms with Crippen molar-refractivity contribution in [3.63, 3.8) is 0 Å². The van der Waals surface area contributed by atoms with Crippen molar-refractivity contribution in [1.29, 1.82) is 0 Å². The quantitative estimate of drug-likeness (QED) is 0.675. The summed E-state index contributed by atoms with van der Waals surface area (Å²) >= 11 is 0. The Morgan fingerprint density at radius 1 is 0.929 bits per heavy atom. The molecule has 0 saturated heterocycles. The van der Waals surface area contributed by atoms with Gasteiger partial charge in [0.05, 0.1) is 21.3 Å². The van der Waals surface area contributed by atoms with Crippen molar-refractivity contribution in [2.45, 2.75) is 0 Å². The predicted octanol–water partition coefficient (Wildman–Crippen LogP) is 3.81. The van der Waals surface area contributed by atoms with Gasteiger partial charge in [-0.1, -0.05) is 6.07 Å². The van der Waals surface area contributed by atoms with Crippen molar-refractivity contribution < 1.29 is 19.0 Å². The van der Waals surface area contributed by atoms with E-state index in [4.69, 9.17) is 14.2 Å². The van der Waals surface area contributed by atoms with Crippen LogP contribution in [0, 0.1) is 0 Å². The molecule has 0 spiro atoms. The van der Waals surface area contributed by atoms with Crippen LogP contribution in [0.25, 0.3) is 11.1 Å². The number of nitrogens with zero attached hydrogens (tertiary/aromatic N) is 2. The number of pyridine rings is 2. The van der Waals surface area contributed by atoms with Crippen LogP contribution >= 0.6 is 0 Å². The third kappa shape index (κ3) is 4.29. The van der Waals surface area contributed by atoms with E-state index in [0.717, 1.165) is 5.56 Å². The zero-order valence-corrected chi connectivity index (χ0v) is 15.7. The minimum Gasteiger partial charge on any atom is -0.493 e. The molecule has 0 aliphatic carbocycles. The third-order valence-corrected chi connectivity index (χ3v) is 3.90. The number of carbonyl (C=O) groups excluding carboxylic acids is 1. The van der Waals surface area contributed by atoms with Crippen LogP contribution in [0.4, 0.5) is 16.3 Å². The second kappa shape index (κ2) is 8.72. The molecule has 8 nitrogen and oxygen atoms in total. The van der Waals surface area contributed by atoms with E-state index in [1.807, 2.05) is 6.07 Å². The van der Waals surface area contributed by atoms with E-state index in [1.54, 1.807) is 63.0 Å². The number of benzene rings is 1. The Hall–Kier alpha value is -3.81. The molecular formula is C20H20N4O4. The van der Waals surface area contributed by atoms with Crippen molar-refractivity contribution >= 4 is 17.5 Å². The minimum absolute atomic E-state index is 0.426. The van der Waals surface area contributed by atoms with Crippen molar-refractivity contribution in [2.24, 2.45) is 0 Å². The third-order valence-electron chi connectivity index (χ3n) is 3.90. The van der Waals surface area contributed by atoms with Crippen LogP contribution in [-0.2, 0) is 0 Å². The van der Waals surface area contributed by atoms with Gasteiger partial charge >= 0.3 is 6.03 Å². The summed E-state index contributed by atoms with van der Waals surface area (Å²) < 4.78 is 16.0. The molecule has 0 saturated carbocycles. The summed E-state index contributed by atoms with van der Waals surface area (Å²) in [6.07, 6.45) is 3.26. The van der Waals surface area contributed by atoms with E-state index in [-0.39, 0.29) is 0 Å². The van der Waals surface area contributed by atoms with Gasteiger partial charge in [-0.15, -0.1) is 0 Å².